The van der Waals surface area contributed by atoms with Gasteiger partial charge in [-0.15, -0.1) is 0 Å². The lowest BCUT2D eigenvalue weighted by Gasteiger charge is -2.13. The topological polar surface area (TPSA) is 42.7 Å². The van der Waals surface area contributed by atoms with Crippen LogP contribution in [0.15, 0.2) is 40.6 Å². The number of benzene rings is 1. The van der Waals surface area contributed by atoms with Gasteiger partial charge in [-0.1, -0.05) is 30.8 Å². The van der Waals surface area contributed by atoms with Crippen LogP contribution in [0.5, 0.6) is 0 Å². The van der Waals surface area contributed by atoms with Crippen molar-refractivity contribution in [3.63, 3.8) is 0 Å². The van der Waals surface area contributed by atoms with Crippen molar-refractivity contribution >= 4 is 11.8 Å². The summed E-state index contributed by atoms with van der Waals surface area (Å²) in [5.74, 6) is 0. The Kier molecular flexibility index (Phi) is 4.99. The van der Waals surface area contributed by atoms with Crippen molar-refractivity contribution in [2.24, 2.45) is 7.05 Å². The van der Waals surface area contributed by atoms with Gasteiger partial charge in [0.15, 0.2) is 5.16 Å². The highest BCUT2D eigenvalue weighted by Crippen LogP contribution is 2.26. The Balaban J connectivity index is 2.00. The van der Waals surface area contributed by atoms with Crippen LogP contribution in [-0.2, 0) is 7.05 Å². The number of nitrogens with zero attached hydrogens (tertiary/aromatic N) is 3. The SMILES string of the molecule is CCCNC(C)c1ccc(Sc2ncnn2C)cc1. The van der Waals surface area contributed by atoms with E-state index >= 15 is 0 Å². The fourth-order valence-electron chi connectivity index (χ4n) is 1.79. The molecule has 0 spiro atoms. The summed E-state index contributed by atoms with van der Waals surface area (Å²) < 4.78 is 1.78. The van der Waals surface area contributed by atoms with Gasteiger partial charge in [-0.2, -0.15) is 5.10 Å². The molecule has 102 valence electrons. The van der Waals surface area contributed by atoms with Gasteiger partial charge < -0.3 is 5.32 Å². The van der Waals surface area contributed by atoms with Crippen LogP contribution in [0.25, 0.3) is 0 Å². The van der Waals surface area contributed by atoms with E-state index in [9.17, 15) is 0 Å². The molecule has 0 radical (unpaired) electrons. The Morgan fingerprint density at radius 1 is 1.32 bits per heavy atom. The molecule has 0 saturated heterocycles. The second-order valence-corrected chi connectivity index (χ2v) is 5.55. The fraction of sp³-hybridized carbons (Fsp3) is 0.429. The lowest BCUT2D eigenvalue weighted by molar-refractivity contribution is 0.570. The highest BCUT2D eigenvalue weighted by Gasteiger charge is 2.06. The zero-order valence-corrected chi connectivity index (χ0v) is 12.4. The molecular formula is C14H20N4S. The molecule has 0 saturated carbocycles. The highest BCUT2D eigenvalue weighted by atomic mass is 32.2. The Bertz CT molecular complexity index is 506. The summed E-state index contributed by atoms with van der Waals surface area (Å²) >= 11 is 1.63. The minimum absolute atomic E-state index is 0.397. The standard InChI is InChI=1S/C14H20N4S/c1-4-9-15-11(2)12-5-7-13(8-6-12)19-14-16-10-17-18(14)3/h5-8,10-11,15H,4,9H2,1-3H3. The number of hydrogen-bond donors (Lipinski definition) is 1. The highest BCUT2D eigenvalue weighted by molar-refractivity contribution is 7.99. The largest absolute Gasteiger partial charge is 0.310 e. The van der Waals surface area contributed by atoms with Crippen LogP contribution in [-0.4, -0.2) is 21.3 Å². The first-order valence-electron chi connectivity index (χ1n) is 6.56. The van der Waals surface area contributed by atoms with Gasteiger partial charge in [0.2, 0.25) is 0 Å². The van der Waals surface area contributed by atoms with Crippen LogP contribution in [0.3, 0.4) is 0 Å². The molecule has 1 N–H and O–H groups in total. The summed E-state index contributed by atoms with van der Waals surface area (Å²) in [5, 5.41) is 8.46. The van der Waals surface area contributed by atoms with Crippen molar-refractivity contribution < 1.29 is 0 Å². The zero-order valence-electron chi connectivity index (χ0n) is 11.6. The summed E-state index contributed by atoms with van der Waals surface area (Å²) in [5.41, 5.74) is 1.32. The normalized spacial score (nSPS) is 12.6. The van der Waals surface area contributed by atoms with Crippen LogP contribution in [0, 0.1) is 0 Å². The van der Waals surface area contributed by atoms with Crippen LogP contribution < -0.4 is 5.32 Å². The van der Waals surface area contributed by atoms with E-state index in [2.05, 4.69) is 53.5 Å². The van der Waals surface area contributed by atoms with Gasteiger partial charge in [0.25, 0.3) is 0 Å². The Morgan fingerprint density at radius 2 is 2.05 bits per heavy atom. The van der Waals surface area contributed by atoms with E-state index in [0.29, 0.717) is 6.04 Å². The molecule has 0 amide bonds. The second kappa shape index (κ2) is 6.73. The molecule has 19 heavy (non-hydrogen) atoms. The lowest BCUT2D eigenvalue weighted by atomic mass is 10.1. The maximum atomic E-state index is 4.21. The first-order valence-corrected chi connectivity index (χ1v) is 7.37. The van der Waals surface area contributed by atoms with E-state index < -0.39 is 0 Å². The quantitative estimate of drug-likeness (QED) is 0.880. The fourth-order valence-corrected chi connectivity index (χ4v) is 2.55. The van der Waals surface area contributed by atoms with Crippen molar-refractivity contribution in [1.29, 1.82) is 0 Å². The maximum absolute atomic E-state index is 4.21. The monoisotopic (exact) mass is 276 g/mol. The van der Waals surface area contributed by atoms with Crippen LogP contribution in [0.2, 0.25) is 0 Å². The van der Waals surface area contributed by atoms with Crippen molar-refractivity contribution in [1.82, 2.24) is 20.1 Å². The molecule has 0 aliphatic rings. The van der Waals surface area contributed by atoms with E-state index in [1.807, 2.05) is 7.05 Å². The average Bonchev–Trinajstić information content (AvgIpc) is 2.82. The molecule has 2 aromatic rings. The predicted octanol–water partition coefficient (Wildman–Crippen LogP) is 3.03. The van der Waals surface area contributed by atoms with Crippen LogP contribution in [0.1, 0.15) is 31.9 Å². The van der Waals surface area contributed by atoms with E-state index in [0.717, 1.165) is 18.1 Å². The minimum atomic E-state index is 0.397. The molecule has 4 nitrogen and oxygen atoms in total. The third-order valence-corrected chi connectivity index (χ3v) is 4.02. The number of rotatable bonds is 6. The molecule has 0 bridgehead atoms. The summed E-state index contributed by atoms with van der Waals surface area (Å²) in [6.45, 7) is 5.43. The molecule has 1 unspecified atom stereocenters. The predicted molar refractivity (Wildman–Crippen MR) is 78.3 cm³/mol. The van der Waals surface area contributed by atoms with Crippen LogP contribution >= 0.6 is 11.8 Å². The molecule has 1 heterocycles. The molecule has 1 aromatic carbocycles. The maximum Gasteiger partial charge on any atom is 0.190 e. The van der Waals surface area contributed by atoms with Gasteiger partial charge in [-0.25, -0.2) is 9.67 Å². The molecule has 1 atom stereocenters. The Labute approximate surface area is 118 Å². The van der Waals surface area contributed by atoms with Gasteiger partial charge >= 0.3 is 0 Å². The first-order chi connectivity index (χ1) is 9.20. The first kappa shape index (κ1) is 14.1. The Hall–Kier alpha value is -1.33. The minimum Gasteiger partial charge on any atom is -0.310 e. The van der Waals surface area contributed by atoms with Crippen molar-refractivity contribution in [3.05, 3.63) is 36.2 Å². The second-order valence-electron chi connectivity index (χ2n) is 4.51. The summed E-state index contributed by atoms with van der Waals surface area (Å²) in [6, 6.07) is 9.02. The zero-order chi connectivity index (χ0) is 13.7. The molecule has 5 heteroatoms. The third-order valence-electron chi connectivity index (χ3n) is 2.96. The number of hydrogen-bond acceptors (Lipinski definition) is 4. The molecule has 2 rings (SSSR count). The third kappa shape index (κ3) is 3.81. The van der Waals surface area contributed by atoms with E-state index in [1.54, 1.807) is 22.8 Å². The summed E-state index contributed by atoms with van der Waals surface area (Å²) in [4.78, 5) is 5.39. The van der Waals surface area contributed by atoms with Crippen molar-refractivity contribution in [2.75, 3.05) is 6.54 Å². The molecule has 1 aromatic heterocycles. The number of aryl methyl sites for hydroxylation is 1. The van der Waals surface area contributed by atoms with Gasteiger partial charge in [-0.3, -0.25) is 0 Å². The molecule has 0 aliphatic carbocycles. The Morgan fingerprint density at radius 3 is 2.63 bits per heavy atom. The van der Waals surface area contributed by atoms with E-state index in [-0.39, 0.29) is 0 Å². The van der Waals surface area contributed by atoms with Crippen LogP contribution in [0.4, 0.5) is 0 Å². The van der Waals surface area contributed by atoms with Gasteiger partial charge in [-0.05, 0) is 37.6 Å². The average molecular weight is 276 g/mol. The van der Waals surface area contributed by atoms with Gasteiger partial charge in [0, 0.05) is 18.0 Å². The molecular weight excluding hydrogens is 256 g/mol. The molecule has 0 aliphatic heterocycles. The van der Waals surface area contributed by atoms with Crippen molar-refractivity contribution in [2.45, 2.75) is 36.4 Å². The van der Waals surface area contributed by atoms with Crippen molar-refractivity contribution in [3.8, 4) is 0 Å². The van der Waals surface area contributed by atoms with E-state index in [4.69, 9.17) is 0 Å². The van der Waals surface area contributed by atoms with E-state index in [1.165, 1.54) is 10.5 Å². The molecule has 0 fully saturated rings. The lowest BCUT2D eigenvalue weighted by Crippen LogP contribution is -2.19. The summed E-state index contributed by atoms with van der Waals surface area (Å²) in [7, 11) is 1.90. The summed E-state index contributed by atoms with van der Waals surface area (Å²) in [6.07, 6.45) is 2.73. The number of nitrogens with one attached hydrogen (secondary N) is 1. The van der Waals surface area contributed by atoms with Gasteiger partial charge in [0.05, 0.1) is 0 Å². The number of aromatic nitrogens is 3. The van der Waals surface area contributed by atoms with Gasteiger partial charge in [0.1, 0.15) is 6.33 Å². The smallest absolute Gasteiger partial charge is 0.190 e.